The number of nitrogens with one attached hydrogen (secondary N) is 1. The van der Waals surface area contributed by atoms with Gasteiger partial charge < -0.3 is 10.1 Å². The molecule has 8 heteroatoms. The number of nitrogens with zero attached hydrogens (tertiary/aromatic N) is 1. The van der Waals surface area contributed by atoms with Crippen molar-refractivity contribution in [1.82, 2.24) is 9.62 Å². The van der Waals surface area contributed by atoms with E-state index in [9.17, 15) is 17.6 Å². The van der Waals surface area contributed by atoms with E-state index in [0.29, 0.717) is 25.1 Å². The molecule has 2 aromatic rings. The number of hydrogen-bond donors (Lipinski definition) is 1. The van der Waals surface area contributed by atoms with E-state index in [-0.39, 0.29) is 29.7 Å². The minimum absolute atomic E-state index is 0.142. The van der Waals surface area contributed by atoms with E-state index < -0.39 is 15.9 Å². The molecular formula is C21H25FN2O4S. The highest BCUT2D eigenvalue weighted by molar-refractivity contribution is 7.89. The third-order valence-corrected chi connectivity index (χ3v) is 7.00. The Balaban J connectivity index is 1.66. The molecular weight excluding hydrogens is 395 g/mol. The summed E-state index contributed by atoms with van der Waals surface area (Å²) in [4.78, 5) is 12.8. The van der Waals surface area contributed by atoms with Crippen molar-refractivity contribution in [1.29, 1.82) is 0 Å². The Labute approximate surface area is 170 Å². The van der Waals surface area contributed by atoms with Crippen LogP contribution in [0.15, 0.2) is 47.4 Å². The maximum absolute atomic E-state index is 13.0. The minimum Gasteiger partial charge on any atom is -0.496 e. The molecule has 1 heterocycles. The van der Waals surface area contributed by atoms with E-state index in [2.05, 4.69) is 5.32 Å². The second-order valence-corrected chi connectivity index (χ2v) is 9.12. The molecule has 0 unspecified atom stereocenters. The first kappa shape index (κ1) is 21.3. The first-order valence-corrected chi connectivity index (χ1v) is 10.9. The molecule has 0 saturated carbocycles. The van der Waals surface area contributed by atoms with Gasteiger partial charge in [-0.25, -0.2) is 12.8 Å². The zero-order valence-corrected chi connectivity index (χ0v) is 17.3. The summed E-state index contributed by atoms with van der Waals surface area (Å²) in [7, 11) is -2.15. The van der Waals surface area contributed by atoms with E-state index >= 15 is 0 Å². The van der Waals surface area contributed by atoms with Gasteiger partial charge >= 0.3 is 0 Å². The van der Waals surface area contributed by atoms with Gasteiger partial charge in [0.15, 0.2) is 0 Å². The molecule has 0 aromatic heterocycles. The van der Waals surface area contributed by atoms with Crippen LogP contribution in [0.2, 0.25) is 0 Å². The molecule has 1 atom stereocenters. The fourth-order valence-electron chi connectivity index (χ4n) is 3.47. The van der Waals surface area contributed by atoms with Crippen molar-refractivity contribution in [3.8, 4) is 5.75 Å². The summed E-state index contributed by atoms with van der Waals surface area (Å²) in [6.07, 6.45) is 1.24. The second kappa shape index (κ2) is 8.92. The lowest BCUT2D eigenvalue weighted by molar-refractivity contribution is -0.126. The average Bonchev–Trinajstić information content (AvgIpc) is 2.73. The smallest absolute Gasteiger partial charge is 0.243 e. The van der Waals surface area contributed by atoms with Gasteiger partial charge in [0.05, 0.1) is 17.9 Å². The summed E-state index contributed by atoms with van der Waals surface area (Å²) in [5.74, 6) is -0.318. The molecule has 0 bridgehead atoms. The summed E-state index contributed by atoms with van der Waals surface area (Å²) < 4.78 is 45.6. The van der Waals surface area contributed by atoms with Crippen molar-refractivity contribution in [3.63, 3.8) is 0 Å². The third-order valence-electron chi connectivity index (χ3n) is 5.14. The standard InChI is InChI=1S/C21H25FN2O4S/c1-15-12-19(9-10-20(15)28-2)29(26,27)24-11-3-4-17(14-24)21(25)23-13-16-5-7-18(22)8-6-16/h5-10,12,17H,3-4,11,13-14H2,1-2H3,(H,23,25)/t17-/m0/s1. The van der Waals surface area contributed by atoms with Crippen LogP contribution < -0.4 is 10.1 Å². The SMILES string of the molecule is COc1ccc(S(=O)(=O)N2CCC[C@H](C(=O)NCc3ccc(F)cc3)C2)cc1C. The molecule has 0 aliphatic carbocycles. The van der Waals surface area contributed by atoms with Crippen LogP contribution in [0.25, 0.3) is 0 Å². The number of methoxy groups -OCH3 is 1. The summed E-state index contributed by atoms with van der Waals surface area (Å²) >= 11 is 0. The van der Waals surface area contributed by atoms with Gasteiger partial charge in [-0.2, -0.15) is 4.31 Å². The van der Waals surface area contributed by atoms with E-state index in [1.165, 1.54) is 29.6 Å². The van der Waals surface area contributed by atoms with Crippen LogP contribution in [0.1, 0.15) is 24.0 Å². The lowest BCUT2D eigenvalue weighted by atomic mass is 9.99. The van der Waals surface area contributed by atoms with Gasteiger partial charge in [0.1, 0.15) is 11.6 Å². The van der Waals surface area contributed by atoms with E-state index in [4.69, 9.17) is 4.74 Å². The van der Waals surface area contributed by atoms with Gasteiger partial charge in [-0.05, 0) is 61.2 Å². The van der Waals surface area contributed by atoms with Crippen LogP contribution in [0.4, 0.5) is 4.39 Å². The molecule has 1 amide bonds. The molecule has 3 rings (SSSR count). The van der Waals surface area contributed by atoms with Gasteiger partial charge in [0.25, 0.3) is 0 Å². The Hall–Kier alpha value is -2.45. The fraction of sp³-hybridized carbons (Fsp3) is 0.381. The predicted octanol–water partition coefficient (Wildman–Crippen LogP) is 2.86. The molecule has 29 heavy (non-hydrogen) atoms. The number of piperidine rings is 1. The van der Waals surface area contributed by atoms with Crippen molar-refractivity contribution < 1.29 is 22.3 Å². The topological polar surface area (TPSA) is 75.7 Å². The number of rotatable bonds is 6. The number of halogens is 1. The van der Waals surface area contributed by atoms with Crippen LogP contribution in [0, 0.1) is 18.7 Å². The second-order valence-electron chi connectivity index (χ2n) is 7.18. The lowest BCUT2D eigenvalue weighted by Crippen LogP contribution is -2.45. The maximum atomic E-state index is 13.0. The Bertz CT molecular complexity index is 977. The Morgan fingerprint density at radius 1 is 1.24 bits per heavy atom. The Kier molecular flexibility index (Phi) is 6.54. The fourth-order valence-corrected chi connectivity index (χ4v) is 5.08. The predicted molar refractivity (Wildman–Crippen MR) is 107 cm³/mol. The number of carbonyl (C=O) groups excluding carboxylic acids is 1. The molecule has 1 saturated heterocycles. The van der Waals surface area contributed by atoms with Gasteiger partial charge in [-0.3, -0.25) is 4.79 Å². The number of ether oxygens (including phenoxy) is 1. The van der Waals surface area contributed by atoms with Crippen molar-refractivity contribution in [3.05, 3.63) is 59.4 Å². The maximum Gasteiger partial charge on any atom is 0.243 e. The van der Waals surface area contributed by atoms with Gasteiger partial charge in [-0.1, -0.05) is 12.1 Å². The monoisotopic (exact) mass is 420 g/mol. The van der Waals surface area contributed by atoms with Crippen LogP contribution in [-0.2, 0) is 21.4 Å². The molecule has 0 spiro atoms. The summed E-state index contributed by atoms with van der Waals surface area (Å²) in [5.41, 5.74) is 1.52. The lowest BCUT2D eigenvalue weighted by Gasteiger charge is -2.31. The minimum atomic E-state index is -3.69. The Morgan fingerprint density at radius 2 is 1.97 bits per heavy atom. The largest absolute Gasteiger partial charge is 0.496 e. The molecule has 1 fully saturated rings. The highest BCUT2D eigenvalue weighted by atomic mass is 32.2. The van der Waals surface area contributed by atoms with E-state index in [1.807, 2.05) is 0 Å². The quantitative estimate of drug-likeness (QED) is 0.780. The molecule has 0 radical (unpaired) electrons. The number of sulfonamides is 1. The van der Waals surface area contributed by atoms with E-state index in [0.717, 1.165) is 11.1 Å². The van der Waals surface area contributed by atoms with Crippen molar-refractivity contribution >= 4 is 15.9 Å². The number of hydrogen-bond acceptors (Lipinski definition) is 4. The van der Waals surface area contributed by atoms with Gasteiger partial charge in [0, 0.05) is 19.6 Å². The molecule has 1 aliphatic heterocycles. The average molecular weight is 421 g/mol. The number of benzene rings is 2. The zero-order chi connectivity index (χ0) is 21.0. The number of amides is 1. The first-order chi connectivity index (χ1) is 13.8. The molecule has 1 aliphatic rings. The molecule has 6 nitrogen and oxygen atoms in total. The van der Waals surface area contributed by atoms with Crippen LogP contribution in [0.5, 0.6) is 5.75 Å². The van der Waals surface area contributed by atoms with Crippen molar-refractivity contribution in [2.75, 3.05) is 20.2 Å². The van der Waals surface area contributed by atoms with E-state index in [1.54, 1.807) is 31.2 Å². The summed E-state index contributed by atoms with van der Waals surface area (Å²) in [5, 5.41) is 2.82. The summed E-state index contributed by atoms with van der Waals surface area (Å²) in [6.45, 7) is 2.59. The highest BCUT2D eigenvalue weighted by Gasteiger charge is 2.33. The van der Waals surface area contributed by atoms with Crippen molar-refractivity contribution in [2.45, 2.75) is 31.2 Å². The van der Waals surface area contributed by atoms with Crippen LogP contribution >= 0.6 is 0 Å². The zero-order valence-electron chi connectivity index (χ0n) is 16.5. The highest BCUT2D eigenvalue weighted by Crippen LogP contribution is 2.27. The molecule has 2 aromatic carbocycles. The normalized spacial score (nSPS) is 17.7. The first-order valence-electron chi connectivity index (χ1n) is 9.48. The van der Waals surface area contributed by atoms with Crippen LogP contribution in [0.3, 0.4) is 0 Å². The Morgan fingerprint density at radius 3 is 2.62 bits per heavy atom. The molecule has 1 N–H and O–H groups in total. The van der Waals surface area contributed by atoms with Crippen LogP contribution in [-0.4, -0.2) is 38.8 Å². The number of carbonyl (C=O) groups is 1. The van der Waals surface area contributed by atoms with Crippen molar-refractivity contribution in [2.24, 2.45) is 5.92 Å². The van der Waals surface area contributed by atoms with Gasteiger partial charge in [0.2, 0.25) is 15.9 Å². The third kappa shape index (κ3) is 4.94. The molecule has 156 valence electrons. The number of aryl methyl sites for hydroxylation is 1. The summed E-state index contributed by atoms with van der Waals surface area (Å²) in [6, 6.07) is 10.7. The van der Waals surface area contributed by atoms with Gasteiger partial charge in [-0.15, -0.1) is 0 Å².